The first kappa shape index (κ1) is 10.4. The smallest absolute Gasteiger partial charge is 0.140 e. The molecule has 2 atom stereocenters. The predicted molar refractivity (Wildman–Crippen MR) is 55.6 cm³/mol. The molecule has 0 N–H and O–H groups in total. The maximum absolute atomic E-state index is 5.55. The Hall–Kier alpha value is -1.08. The molecule has 2 saturated heterocycles. The maximum atomic E-state index is 5.55. The van der Waals surface area contributed by atoms with Crippen LogP contribution in [0, 0.1) is 0 Å². The minimum Gasteiger partial charge on any atom is -0.375 e. The fraction of sp³-hybridized carbons (Fsp3) is 0.500. The van der Waals surface area contributed by atoms with Gasteiger partial charge in [0.05, 0.1) is 26.4 Å². The fourth-order valence-corrected chi connectivity index (χ4v) is 1.37. The van der Waals surface area contributed by atoms with Gasteiger partial charge in [0, 0.05) is 0 Å². The molecule has 3 heteroatoms. The average Bonchev–Trinajstić information content (AvgIpc) is 3.08. The summed E-state index contributed by atoms with van der Waals surface area (Å²) in [4.78, 5) is 0. The minimum absolute atomic E-state index is 0.282. The molecule has 0 aromatic heterocycles. The first-order valence-corrected chi connectivity index (χ1v) is 4.84. The van der Waals surface area contributed by atoms with E-state index >= 15 is 0 Å². The van der Waals surface area contributed by atoms with Crippen molar-refractivity contribution in [3.63, 3.8) is 0 Å². The summed E-state index contributed by atoms with van der Waals surface area (Å²) in [5.41, 5.74) is 4.87. The second-order valence-electron chi connectivity index (χ2n) is 3.90. The van der Waals surface area contributed by atoms with Gasteiger partial charge in [-0.2, -0.15) is 0 Å². The molecular weight excluding hydrogens is 192 g/mol. The van der Waals surface area contributed by atoms with Gasteiger partial charge in [-0.05, 0) is 12.2 Å². The summed E-state index contributed by atoms with van der Waals surface area (Å²) in [5, 5.41) is 0. The van der Waals surface area contributed by atoms with Crippen LogP contribution in [0.3, 0.4) is 0 Å². The Labute approximate surface area is 89.3 Å². The number of epoxide rings is 2. The normalized spacial score (nSPS) is 36.3. The Morgan fingerprint density at radius 2 is 1.47 bits per heavy atom. The summed E-state index contributed by atoms with van der Waals surface area (Å²) in [6.07, 6.45) is 3.60. The predicted octanol–water partition coefficient (Wildman–Crippen LogP) is 1.22. The third kappa shape index (κ3) is 2.48. The van der Waals surface area contributed by atoms with Gasteiger partial charge in [0.25, 0.3) is 0 Å². The average molecular weight is 206 g/mol. The third-order valence-corrected chi connectivity index (χ3v) is 2.45. The van der Waals surface area contributed by atoms with Gasteiger partial charge in [0.15, 0.2) is 0 Å². The van der Waals surface area contributed by atoms with Crippen molar-refractivity contribution in [1.29, 1.82) is 0 Å². The SMILES string of the molecule is C=C=CC1(COCC2(C=C=C)CO2)CO1. The molecule has 2 unspecified atom stereocenters. The highest BCUT2D eigenvalue weighted by Crippen LogP contribution is 2.32. The van der Waals surface area contributed by atoms with Crippen LogP contribution >= 0.6 is 0 Å². The lowest BCUT2D eigenvalue weighted by Crippen LogP contribution is -2.23. The van der Waals surface area contributed by atoms with Crippen molar-refractivity contribution >= 4 is 0 Å². The van der Waals surface area contributed by atoms with Crippen LogP contribution in [0.15, 0.2) is 36.8 Å². The summed E-state index contributed by atoms with van der Waals surface area (Å²) < 4.78 is 16.1. The molecule has 0 aromatic rings. The van der Waals surface area contributed by atoms with Crippen LogP contribution in [0.5, 0.6) is 0 Å². The van der Waals surface area contributed by atoms with Crippen LogP contribution in [0.4, 0.5) is 0 Å². The Morgan fingerprint density at radius 1 is 1.07 bits per heavy atom. The highest BCUT2D eigenvalue weighted by atomic mass is 16.6. The fourth-order valence-electron chi connectivity index (χ4n) is 1.37. The van der Waals surface area contributed by atoms with Crippen LogP contribution in [-0.4, -0.2) is 37.6 Å². The van der Waals surface area contributed by atoms with E-state index in [4.69, 9.17) is 14.2 Å². The van der Waals surface area contributed by atoms with Crippen molar-refractivity contribution in [2.45, 2.75) is 11.2 Å². The molecule has 80 valence electrons. The maximum Gasteiger partial charge on any atom is 0.140 e. The van der Waals surface area contributed by atoms with Crippen LogP contribution in [0.1, 0.15) is 0 Å². The lowest BCUT2D eigenvalue weighted by atomic mass is 10.1. The molecule has 0 aliphatic carbocycles. The van der Waals surface area contributed by atoms with E-state index in [2.05, 4.69) is 24.6 Å². The van der Waals surface area contributed by atoms with E-state index in [1.807, 2.05) is 0 Å². The van der Waals surface area contributed by atoms with Crippen molar-refractivity contribution < 1.29 is 14.2 Å². The van der Waals surface area contributed by atoms with E-state index in [-0.39, 0.29) is 11.2 Å². The van der Waals surface area contributed by atoms with E-state index in [0.717, 1.165) is 0 Å². The van der Waals surface area contributed by atoms with Crippen molar-refractivity contribution in [1.82, 2.24) is 0 Å². The Morgan fingerprint density at radius 3 is 1.73 bits per heavy atom. The van der Waals surface area contributed by atoms with Gasteiger partial charge in [0.1, 0.15) is 11.2 Å². The summed E-state index contributed by atoms with van der Waals surface area (Å²) in [6.45, 7) is 9.44. The molecule has 0 radical (unpaired) electrons. The highest BCUT2D eigenvalue weighted by molar-refractivity contribution is 5.11. The molecular formula is C12H14O3. The molecule has 0 spiro atoms. The number of ether oxygens (including phenoxy) is 3. The second kappa shape index (κ2) is 3.82. The molecule has 0 bridgehead atoms. The molecule has 2 aliphatic rings. The molecule has 2 fully saturated rings. The van der Waals surface area contributed by atoms with Gasteiger partial charge in [-0.3, -0.25) is 0 Å². The molecule has 15 heavy (non-hydrogen) atoms. The largest absolute Gasteiger partial charge is 0.375 e. The van der Waals surface area contributed by atoms with Crippen LogP contribution in [-0.2, 0) is 14.2 Å². The quantitative estimate of drug-likeness (QED) is 0.484. The van der Waals surface area contributed by atoms with E-state index in [0.29, 0.717) is 26.4 Å². The first-order chi connectivity index (χ1) is 7.24. The second-order valence-corrected chi connectivity index (χ2v) is 3.90. The zero-order valence-electron chi connectivity index (χ0n) is 8.62. The first-order valence-electron chi connectivity index (χ1n) is 4.84. The third-order valence-electron chi connectivity index (χ3n) is 2.45. The van der Waals surface area contributed by atoms with E-state index in [9.17, 15) is 0 Å². The van der Waals surface area contributed by atoms with Gasteiger partial charge in [-0.25, -0.2) is 0 Å². The van der Waals surface area contributed by atoms with E-state index < -0.39 is 0 Å². The Kier molecular flexibility index (Phi) is 2.66. The molecule has 3 nitrogen and oxygen atoms in total. The van der Waals surface area contributed by atoms with Crippen LogP contribution < -0.4 is 0 Å². The Bertz CT molecular complexity index is 304. The van der Waals surface area contributed by atoms with Gasteiger partial charge in [-0.15, -0.1) is 11.5 Å². The molecule has 0 aromatic carbocycles. The zero-order valence-corrected chi connectivity index (χ0v) is 8.62. The van der Waals surface area contributed by atoms with Crippen molar-refractivity contribution in [2.75, 3.05) is 26.4 Å². The summed E-state index contributed by atoms with van der Waals surface area (Å²) in [6, 6.07) is 0. The van der Waals surface area contributed by atoms with Crippen LogP contribution in [0.25, 0.3) is 0 Å². The van der Waals surface area contributed by atoms with Crippen LogP contribution in [0.2, 0.25) is 0 Å². The standard InChI is InChI=1S/C12H14O3/c1-3-5-11(9-14-11)7-13-8-12(6-4-2)10-15-12/h5-6H,1-2,7-10H2. The molecule has 0 saturated carbocycles. The van der Waals surface area contributed by atoms with Crippen molar-refractivity contribution in [3.8, 4) is 0 Å². The van der Waals surface area contributed by atoms with Gasteiger partial charge >= 0.3 is 0 Å². The highest BCUT2D eigenvalue weighted by Gasteiger charge is 2.46. The molecule has 2 heterocycles. The van der Waals surface area contributed by atoms with Crippen molar-refractivity contribution in [2.24, 2.45) is 0 Å². The Balaban J connectivity index is 1.76. The number of hydrogen-bond acceptors (Lipinski definition) is 3. The number of rotatable bonds is 6. The summed E-state index contributed by atoms with van der Waals surface area (Å²) in [5.74, 6) is 0. The summed E-state index contributed by atoms with van der Waals surface area (Å²) >= 11 is 0. The molecule has 2 aliphatic heterocycles. The van der Waals surface area contributed by atoms with Crippen molar-refractivity contribution in [3.05, 3.63) is 36.8 Å². The van der Waals surface area contributed by atoms with Gasteiger partial charge in [0.2, 0.25) is 0 Å². The number of hydrogen-bond donors (Lipinski definition) is 0. The lowest BCUT2D eigenvalue weighted by molar-refractivity contribution is 0.0666. The monoisotopic (exact) mass is 206 g/mol. The van der Waals surface area contributed by atoms with Gasteiger partial charge < -0.3 is 14.2 Å². The summed E-state index contributed by atoms with van der Waals surface area (Å²) in [7, 11) is 0. The topological polar surface area (TPSA) is 34.3 Å². The van der Waals surface area contributed by atoms with E-state index in [1.165, 1.54) is 0 Å². The minimum atomic E-state index is -0.282. The van der Waals surface area contributed by atoms with Gasteiger partial charge in [-0.1, -0.05) is 13.2 Å². The van der Waals surface area contributed by atoms with E-state index in [1.54, 1.807) is 12.2 Å². The molecule has 0 amide bonds. The zero-order chi connectivity index (χ0) is 10.8. The lowest BCUT2D eigenvalue weighted by Gasteiger charge is -2.09. The molecule has 2 rings (SSSR count).